The molecule has 0 aliphatic rings. The number of thiol groups is 1. The first-order chi connectivity index (χ1) is 7.22. The lowest BCUT2D eigenvalue weighted by molar-refractivity contribution is 0.0209. The van der Waals surface area contributed by atoms with E-state index in [1.807, 2.05) is 24.3 Å². The van der Waals surface area contributed by atoms with E-state index in [1.165, 1.54) is 0 Å². The molecule has 2 rings (SSSR count). The van der Waals surface area contributed by atoms with Crippen LogP contribution in [0.5, 0.6) is 0 Å². The topological polar surface area (TPSA) is 53.6 Å². The van der Waals surface area contributed by atoms with Crippen LogP contribution in [0.3, 0.4) is 0 Å². The SMILES string of the molecule is OC(CS)C(O)c1cc2ccccc2o1. The Hall–Kier alpha value is -0.970. The second kappa shape index (κ2) is 4.26. The summed E-state index contributed by atoms with van der Waals surface area (Å²) in [5.74, 6) is 0.566. The molecule has 0 radical (unpaired) electrons. The van der Waals surface area contributed by atoms with Crippen molar-refractivity contribution < 1.29 is 14.6 Å². The van der Waals surface area contributed by atoms with Crippen molar-refractivity contribution >= 4 is 23.6 Å². The van der Waals surface area contributed by atoms with Crippen molar-refractivity contribution in [3.05, 3.63) is 36.1 Å². The molecule has 0 aliphatic carbocycles. The summed E-state index contributed by atoms with van der Waals surface area (Å²) in [6, 6.07) is 9.19. The van der Waals surface area contributed by atoms with Crippen molar-refractivity contribution in [2.24, 2.45) is 0 Å². The van der Waals surface area contributed by atoms with Crippen LogP contribution in [0.4, 0.5) is 0 Å². The van der Waals surface area contributed by atoms with Crippen LogP contribution in [0.2, 0.25) is 0 Å². The molecule has 3 nitrogen and oxygen atoms in total. The molecule has 15 heavy (non-hydrogen) atoms. The Bertz CT molecular complexity index is 419. The van der Waals surface area contributed by atoms with Crippen LogP contribution in [0, 0.1) is 0 Å². The van der Waals surface area contributed by atoms with Crippen molar-refractivity contribution in [3.63, 3.8) is 0 Å². The number of fused-ring (bicyclic) bond motifs is 1. The average Bonchev–Trinajstić information content (AvgIpc) is 2.70. The molecule has 0 fully saturated rings. The van der Waals surface area contributed by atoms with Gasteiger partial charge in [0.2, 0.25) is 0 Å². The molecule has 4 heteroatoms. The molecule has 80 valence electrons. The summed E-state index contributed by atoms with van der Waals surface area (Å²) in [6.45, 7) is 0. The Kier molecular flexibility index (Phi) is 3.00. The Morgan fingerprint density at radius 2 is 2.00 bits per heavy atom. The fraction of sp³-hybridized carbons (Fsp3) is 0.273. The van der Waals surface area contributed by atoms with Gasteiger partial charge in [-0.2, -0.15) is 12.6 Å². The second-order valence-corrected chi connectivity index (χ2v) is 3.75. The van der Waals surface area contributed by atoms with Gasteiger partial charge in [-0.15, -0.1) is 0 Å². The van der Waals surface area contributed by atoms with Gasteiger partial charge in [-0.3, -0.25) is 0 Å². The molecule has 2 unspecified atom stereocenters. The van der Waals surface area contributed by atoms with E-state index < -0.39 is 12.2 Å². The third-order valence-electron chi connectivity index (χ3n) is 2.29. The standard InChI is InChI=1S/C11H12O3S/c12-8(6-15)11(13)10-5-7-3-1-2-4-9(7)14-10/h1-5,8,11-13,15H,6H2. The van der Waals surface area contributed by atoms with Gasteiger partial charge in [-0.25, -0.2) is 0 Å². The molecule has 0 saturated heterocycles. The van der Waals surface area contributed by atoms with Gasteiger partial charge in [0.05, 0.1) is 6.10 Å². The van der Waals surface area contributed by atoms with E-state index in [-0.39, 0.29) is 5.75 Å². The summed E-state index contributed by atoms with van der Waals surface area (Å²) in [5, 5.41) is 20.0. The predicted molar refractivity (Wildman–Crippen MR) is 61.0 cm³/mol. The summed E-state index contributed by atoms with van der Waals surface area (Å²) in [5.41, 5.74) is 0.706. The van der Waals surface area contributed by atoms with Crippen LogP contribution < -0.4 is 0 Å². The van der Waals surface area contributed by atoms with E-state index in [0.29, 0.717) is 11.3 Å². The molecule has 0 saturated carbocycles. The minimum Gasteiger partial charge on any atom is -0.458 e. The summed E-state index contributed by atoms with van der Waals surface area (Å²) in [4.78, 5) is 0. The molecule has 1 aromatic heterocycles. The fourth-order valence-corrected chi connectivity index (χ4v) is 1.64. The second-order valence-electron chi connectivity index (χ2n) is 3.38. The van der Waals surface area contributed by atoms with E-state index in [0.717, 1.165) is 5.39 Å². The smallest absolute Gasteiger partial charge is 0.138 e. The number of aliphatic hydroxyl groups is 2. The maximum atomic E-state index is 9.70. The number of hydrogen-bond donors (Lipinski definition) is 3. The summed E-state index contributed by atoms with van der Waals surface area (Å²) in [6.07, 6.45) is -1.93. The van der Waals surface area contributed by atoms with Crippen molar-refractivity contribution in [2.45, 2.75) is 12.2 Å². The van der Waals surface area contributed by atoms with Gasteiger partial charge in [0.25, 0.3) is 0 Å². The lowest BCUT2D eigenvalue weighted by Gasteiger charge is -2.12. The lowest BCUT2D eigenvalue weighted by atomic mass is 10.1. The fourth-order valence-electron chi connectivity index (χ4n) is 1.44. The molecule has 0 bridgehead atoms. The molecule has 1 heterocycles. The van der Waals surface area contributed by atoms with Crippen LogP contribution in [-0.4, -0.2) is 22.1 Å². The monoisotopic (exact) mass is 224 g/mol. The molecule has 0 spiro atoms. The van der Waals surface area contributed by atoms with Crippen molar-refractivity contribution in [1.82, 2.24) is 0 Å². The normalized spacial score (nSPS) is 15.4. The first-order valence-corrected chi connectivity index (χ1v) is 5.31. The zero-order valence-electron chi connectivity index (χ0n) is 8.00. The highest BCUT2D eigenvalue weighted by Gasteiger charge is 2.20. The summed E-state index contributed by atoms with van der Waals surface area (Å²) in [7, 11) is 0. The van der Waals surface area contributed by atoms with E-state index >= 15 is 0 Å². The van der Waals surface area contributed by atoms with Gasteiger partial charge in [0, 0.05) is 11.1 Å². The minimum absolute atomic E-state index is 0.193. The first-order valence-electron chi connectivity index (χ1n) is 4.68. The molecule has 2 N–H and O–H groups in total. The van der Waals surface area contributed by atoms with Gasteiger partial charge >= 0.3 is 0 Å². The van der Waals surface area contributed by atoms with Crippen molar-refractivity contribution in [3.8, 4) is 0 Å². The molecule has 2 atom stereocenters. The van der Waals surface area contributed by atoms with Gasteiger partial charge in [0.15, 0.2) is 0 Å². The number of hydrogen-bond acceptors (Lipinski definition) is 4. The highest BCUT2D eigenvalue weighted by atomic mass is 32.1. The third kappa shape index (κ3) is 2.02. The van der Waals surface area contributed by atoms with E-state index in [2.05, 4.69) is 12.6 Å². The Morgan fingerprint density at radius 3 is 2.67 bits per heavy atom. The third-order valence-corrected chi connectivity index (χ3v) is 2.66. The molecule has 0 aliphatic heterocycles. The number of furan rings is 1. The molecule has 1 aromatic carbocycles. The quantitative estimate of drug-likeness (QED) is 0.696. The van der Waals surface area contributed by atoms with E-state index in [4.69, 9.17) is 4.42 Å². The van der Waals surface area contributed by atoms with Gasteiger partial charge < -0.3 is 14.6 Å². The van der Waals surface area contributed by atoms with Gasteiger partial charge in [-0.05, 0) is 12.1 Å². The van der Waals surface area contributed by atoms with Gasteiger partial charge in [0.1, 0.15) is 17.4 Å². The Balaban J connectivity index is 2.36. The van der Waals surface area contributed by atoms with E-state index in [1.54, 1.807) is 6.07 Å². The number of rotatable bonds is 3. The van der Waals surface area contributed by atoms with Crippen LogP contribution in [-0.2, 0) is 0 Å². The minimum atomic E-state index is -1.02. The Labute approximate surface area is 92.7 Å². The maximum absolute atomic E-state index is 9.70. The van der Waals surface area contributed by atoms with Crippen molar-refractivity contribution in [2.75, 3.05) is 5.75 Å². The summed E-state index contributed by atoms with van der Waals surface area (Å²) >= 11 is 3.92. The zero-order valence-corrected chi connectivity index (χ0v) is 8.89. The van der Waals surface area contributed by atoms with E-state index in [9.17, 15) is 10.2 Å². The average molecular weight is 224 g/mol. The highest BCUT2D eigenvalue weighted by molar-refractivity contribution is 7.80. The molecule has 2 aromatic rings. The number of aliphatic hydroxyl groups excluding tert-OH is 2. The molecule has 0 amide bonds. The zero-order chi connectivity index (χ0) is 10.8. The number of benzene rings is 1. The highest BCUT2D eigenvalue weighted by Crippen LogP contribution is 2.25. The van der Waals surface area contributed by atoms with Crippen LogP contribution in [0.15, 0.2) is 34.7 Å². The molecular formula is C11H12O3S. The van der Waals surface area contributed by atoms with Gasteiger partial charge in [-0.1, -0.05) is 18.2 Å². The summed E-state index contributed by atoms with van der Waals surface area (Å²) < 4.78 is 5.41. The largest absolute Gasteiger partial charge is 0.458 e. The van der Waals surface area contributed by atoms with Crippen LogP contribution in [0.1, 0.15) is 11.9 Å². The van der Waals surface area contributed by atoms with Crippen LogP contribution >= 0.6 is 12.6 Å². The Morgan fingerprint density at radius 1 is 1.27 bits per heavy atom. The first kappa shape index (κ1) is 10.5. The predicted octanol–water partition coefficient (Wildman–Crippen LogP) is 1.76. The van der Waals surface area contributed by atoms with Crippen molar-refractivity contribution in [1.29, 1.82) is 0 Å². The van der Waals surface area contributed by atoms with Crippen LogP contribution in [0.25, 0.3) is 11.0 Å². The molecular weight excluding hydrogens is 212 g/mol. The number of para-hydroxylation sites is 1. The maximum Gasteiger partial charge on any atom is 0.138 e. The lowest BCUT2D eigenvalue weighted by Crippen LogP contribution is -2.19.